The number of hydrogen-bond donors (Lipinski definition) is 0. The highest BCUT2D eigenvalue weighted by molar-refractivity contribution is 6.24. The molecule has 11 aromatic rings. The Bertz CT molecular complexity index is 3970. The lowest BCUT2D eigenvalue weighted by Crippen LogP contribution is -1.91. The first-order valence-electron chi connectivity index (χ1n) is 23.9. The Balaban J connectivity index is 1.28. The lowest BCUT2D eigenvalue weighted by atomic mass is 9.84. The standard InChI is InChI=1S/C50H30O/c1-3-14-37-32(11-1)13-9-21-40(37)48-43-18-7-5-16-41(43)47(42-17-6-8-19-44(42)48)35-26-24-31-23-25-34(29-36(31)30-35)39-20-10-22-45-49-38-15-4-2-12-33(38)27-28-46(49)51-50(39)45/h1-30H/i1D,3D,5D,6D,7D,8D,9D,11D,13D,14D,16D,17D,18D,19D,21D. The van der Waals surface area contributed by atoms with Crippen molar-refractivity contribution in [2.45, 2.75) is 0 Å². The Morgan fingerprint density at radius 3 is 1.80 bits per heavy atom. The molecule has 1 nitrogen and oxygen atoms in total. The van der Waals surface area contributed by atoms with E-state index in [-0.39, 0.29) is 32.7 Å². The van der Waals surface area contributed by atoms with E-state index in [4.69, 9.17) is 18.1 Å². The van der Waals surface area contributed by atoms with Gasteiger partial charge in [0.25, 0.3) is 0 Å². The number of para-hydroxylation sites is 1. The van der Waals surface area contributed by atoms with E-state index >= 15 is 0 Å². The molecule has 1 aromatic heterocycles. The first-order chi connectivity index (χ1) is 31.5. The molecule has 0 spiro atoms. The normalized spacial score (nSPS) is 16.0. The lowest BCUT2D eigenvalue weighted by molar-refractivity contribution is 0.670. The van der Waals surface area contributed by atoms with Crippen molar-refractivity contribution in [1.82, 2.24) is 0 Å². The average molecular weight is 662 g/mol. The summed E-state index contributed by atoms with van der Waals surface area (Å²) in [5.74, 6) is 0. The van der Waals surface area contributed by atoms with E-state index < -0.39 is 107 Å². The fourth-order valence-electron chi connectivity index (χ4n) is 7.53. The average Bonchev–Trinajstić information content (AvgIpc) is 3.72. The van der Waals surface area contributed by atoms with E-state index in [0.717, 1.165) is 43.6 Å². The van der Waals surface area contributed by atoms with Gasteiger partial charge in [0.2, 0.25) is 0 Å². The molecular formula is C50H30O. The molecule has 0 saturated heterocycles. The quantitative estimate of drug-likeness (QED) is 0.172. The van der Waals surface area contributed by atoms with Crippen LogP contribution in [0.5, 0.6) is 0 Å². The Morgan fingerprint density at radius 2 is 1.00 bits per heavy atom. The Labute approximate surface area is 315 Å². The molecule has 0 amide bonds. The van der Waals surface area contributed by atoms with E-state index in [9.17, 15) is 6.85 Å². The second kappa shape index (κ2) is 10.9. The zero-order valence-corrected chi connectivity index (χ0v) is 26.6. The van der Waals surface area contributed by atoms with Gasteiger partial charge in [0.05, 0.1) is 20.6 Å². The van der Waals surface area contributed by atoms with Crippen LogP contribution in [0, 0.1) is 0 Å². The van der Waals surface area contributed by atoms with E-state index in [2.05, 4.69) is 12.1 Å². The Hall–Kier alpha value is -6.70. The molecule has 0 aliphatic rings. The molecule has 51 heavy (non-hydrogen) atoms. The monoisotopic (exact) mass is 661 g/mol. The van der Waals surface area contributed by atoms with Crippen molar-refractivity contribution in [3.8, 4) is 33.4 Å². The molecule has 0 atom stereocenters. The highest BCUT2D eigenvalue weighted by Gasteiger charge is 2.19. The number of fused-ring (bicyclic) bond motifs is 9. The summed E-state index contributed by atoms with van der Waals surface area (Å²) in [6.45, 7) is 0. The molecule has 0 aliphatic carbocycles. The van der Waals surface area contributed by atoms with Crippen LogP contribution >= 0.6 is 0 Å². The smallest absolute Gasteiger partial charge is 0.143 e. The minimum atomic E-state index is -0.758. The fourth-order valence-corrected chi connectivity index (χ4v) is 7.53. The Morgan fingerprint density at radius 1 is 0.373 bits per heavy atom. The van der Waals surface area contributed by atoms with Gasteiger partial charge in [-0.1, -0.05) is 163 Å². The summed E-state index contributed by atoms with van der Waals surface area (Å²) >= 11 is 0. The third kappa shape index (κ3) is 4.22. The van der Waals surface area contributed by atoms with Crippen molar-refractivity contribution in [2.75, 3.05) is 0 Å². The largest absolute Gasteiger partial charge is 0.455 e. The van der Waals surface area contributed by atoms with Crippen molar-refractivity contribution >= 4 is 75.8 Å². The topological polar surface area (TPSA) is 13.1 Å². The van der Waals surface area contributed by atoms with Crippen molar-refractivity contribution in [3.63, 3.8) is 0 Å². The molecule has 11 rings (SSSR count). The summed E-state index contributed by atoms with van der Waals surface area (Å²) in [4.78, 5) is 0. The zero-order chi connectivity index (χ0) is 46.5. The zero-order valence-electron chi connectivity index (χ0n) is 41.6. The van der Waals surface area contributed by atoms with Crippen LogP contribution in [0.2, 0.25) is 0 Å². The summed E-state index contributed by atoms with van der Waals surface area (Å²) < 4.78 is 142. The first kappa shape index (κ1) is 17.3. The van der Waals surface area contributed by atoms with Crippen molar-refractivity contribution in [3.05, 3.63) is 182 Å². The molecular weight excluding hydrogens is 617 g/mol. The minimum Gasteiger partial charge on any atom is -0.455 e. The molecule has 10 aromatic carbocycles. The third-order valence-electron chi connectivity index (χ3n) is 9.76. The van der Waals surface area contributed by atoms with Gasteiger partial charge in [-0.15, -0.1) is 0 Å². The van der Waals surface area contributed by atoms with Crippen molar-refractivity contribution in [2.24, 2.45) is 0 Å². The molecule has 0 unspecified atom stereocenters. The molecule has 0 aliphatic heterocycles. The van der Waals surface area contributed by atoms with Crippen LogP contribution in [0.4, 0.5) is 0 Å². The van der Waals surface area contributed by atoms with Crippen LogP contribution in [-0.4, -0.2) is 0 Å². The lowest BCUT2D eigenvalue weighted by Gasteiger charge is -2.19. The molecule has 0 N–H and O–H groups in total. The second-order valence-electron chi connectivity index (χ2n) is 12.5. The van der Waals surface area contributed by atoms with Gasteiger partial charge in [0.15, 0.2) is 0 Å². The van der Waals surface area contributed by atoms with Crippen LogP contribution in [0.25, 0.3) is 109 Å². The van der Waals surface area contributed by atoms with E-state index in [1.54, 1.807) is 18.2 Å². The molecule has 236 valence electrons. The van der Waals surface area contributed by atoms with Gasteiger partial charge in [0.1, 0.15) is 11.2 Å². The van der Waals surface area contributed by atoms with Crippen molar-refractivity contribution < 1.29 is 25.0 Å². The SMILES string of the molecule is [2H]c1c([2H])c([2H])c2c(-c3c4c([2H])c([2H])c([2H])c([2H])c4c(-c4ccc5ccc(-c6cccc7c6oc6ccc8ccccc8c67)cc5c4)c4c([2H])c([2H])c([2H])c([2H])c34)c([2H])c([2H])c([2H])c2c1[2H]. The summed E-state index contributed by atoms with van der Waals surface area (Å²) in [5.41, 5.74) is 2.58. The van der Waals surface area contributed by atoms with Gasteiger partial charge >= 0.3 is 0 Å². The van der Waals surface area contributed by atoms with Crippen LogP contribution < -0.4 is 0 Å². The summed E-state index contributed by atoms with van der Waals surface area (Å²) in [6.07, 6.45) is 0. The van der Waals surface area contributed by atoms with E-state index in [1.165, 1.54) is 0 Å². The number of furan rings is 1. The molecule has 1 heterocycles. The summed E-state index contributed by atoms with van der Waals surface area (Å²) in [7, 11) is 0. The van der Waals surface area contributed by atoms with Gasteiger partial charge < -0.3 is 4.42 Å². The third-order valence-corrected chi connectivity index (χ3v) is 9.76. The maximum atomic E-state index is 9.46. The fraction of sp³-hybridized carbons (Fsp3) is 0. The van der Waals surface area contributed by atoms with Crippen LogP contribution in [-0.2, 0) is 0 Å². The first-order valence-corrected chi connectivity index (χ1v) is 16.4. The van der Waals surface area contributed by atoms with Crippen LogP contribution in [0.3, 0.4) is 0 Å². The minimum absolute atomic E-state index is 0.0299. The molecule has 0 radical (unpaired) electrons. The molecule has 0 bridgehead atoms. The highest BCUT2D eigenvalue weighted by atomic mass is 16.3. The predicted octanol–water partition coefficient (Wildman–Crippen LogP) is 14.4. The molecule has 0 saturated carbocycles. The number of benzene rings is 10. The van der Waals surface area contributed by atoms with E-state index in [1.807, 2.05) is 60.7 Å². The second-order valence-corrected chi connectivity index (χ2v) is 12.5. The van der Waals surface area contributed by atoms with Gasteiger partial charge in [-0.25, -0.2) is 0 Å². The van der Waals surface area contributed by atoms with Crippen LogP contribution in [0.15, 0.2) is 186 Å². The predicted molar refractivity (Wildman–Crippen MR) is 218 cm³/mol. The van der Waals surface area contributed by atoms with E-state index in [0.29, 0.717) is 16.5 Å². The number of rotatable bonds is 3. The van der Waals surface area contributed by atoms with Gasteiger partial charge in [-0.3, -0.25) is 0 Å². The molecule has 0 fully saturated rings. The maximum Gasteiger partial charge on any atom is 0.143 e. The maximum absolute atomic E-state index is 9.46. The summed E-state index contributed by atoms with van der Waals surface area (Å²) in [6, 6.07) is 19.0. The summed E-state index contributed by atoms with van der Waals surface area (Å²) in [5, 5.41) is 3.72. The molecule has 1 heteroatoms. The van der Waals surface area contributed by atoms with Gasteiger partial charge in [-0.05, 0) is 99.9 Å². The van der Waals surface area contributed by atoms with Crippen molar-refractivity contribution in [1.29, 1.82) is 0 Å². The van der Waals surface area contributed by atoms with Gasteiger partial charge in [0, 0.05) is 16.3 Å². The Kier molecular flexibility index (Phi) is 3.70. The van der Waals surface area contributed by atoms with Crippen LogP contribution in [0.1, 0.15) is 20.6 Å². The highest BCUT2D eigenvalue weighted by Crippen LogP contribution is 2.46. The number of hydrogen-bond acceptors (Lipinski definition) is 1. The van der Waals surface area contributed by atoms with Gasteiger partial charge in [-0.2, -0.15) is 0 Å².